The number of methoxy groups -OCH3 is 1. The Morgan fingerprint density at radius 2 is 1.65 bits per heavy atom. The zero-order chi connectivity index (χ0) is 17.9. The molecule has 0 N–H and O–H groups in total. The van der Waals surface area contributed by atoms with Crippen LogP contribution in [0.25, 0.3) is 11.0 Å². The lowest BCUT2D eigenvalue weighted by molar-refractivity contribution is 0.408. The standard InChI is InChI=1S/C22H19ClN2O/c1-26-21-9-5-2-6-17(21)15-25-20-8-4-3-7-19(20)24-22(25)14-16-10-12-18(23)13-11-16/h2-13H,14-15H2,1H3. The Labute approximate surface area is 157 Å². The summed E-state index contributed by atoms with van der Waals surface area (Å²) in [6.45, 7) is 0.716. The second-order valence-electron chi connectivity index (χ2n) is 6.22. The first-order valence-electron chi connectivity index (χ1n) is 8.55. The highest BCUT2D eigenvalue weighted by Gasteiger charge is 2.13. The van der Waals surface area contributed by atoms with Crippen molar-refractivity contribution in [2.24, 2.45) is 0 Å². The lowest BCUT2D eigenvalue weighted by atomic mass is 10.1. The molecule has 0 radical (unpaired) electrons. The van der Waals surface area contributed by atoms with E-state index in [1.54, 1.807) is 7.11 Å². The van der Waals surface area contributed by atoms with Gasteiger partial charge in [-0.1, -0.05) is 54.1 Å². The normalized spacial score (nSPS) is 11.0. The molecule has 0 aliphatic rings. The second kappa shape index (κ2) is 7.22. The van der Waals surface area contributed by atoms with Crippen LogP contribution in [0.4, 0.5) is 0 Å². The zero-order valence-corrected chi connectivity index (χ0v) is 15.3. The van der Waals surface area contributed by atoms with E-state index in [-0.39, 0.29) is 0 Å². The van der Waals surface area contributed by atoms with E-state index in [1.807, 2.05) is 36.4 Å². The van der Waals surface area contributed by atoms with Crippen LogP contribution in [0.3, 0.4) is 0 Å². The molecule has 0 aliphatic heterocycles. The van der Waals surface area contributed by atoms with E-state index in [2.05, 4.69) is 41.0 Å². The zero-order valence-electron chi connectivity index (χ0n) is 14.5. The van der Waals surface area contributed by atoms with Crippen molar-refractivity contribution in [1.29, 1.82) is 0 Å². The van der Waals surface area contributed by atoms with Gasteiger partial charge in [-0.3, -0.25) is 0 Å². The Hall–Kier alpha value is -2.78. The summed E-state index contributed by atoms with van der Waals surface area (Å²) in [7, 11) is 1.71. The predicted octanol–water partition coefficient (Wildman–Crippen LogP) is 5.34. The molecule has 26 heavy (non-hydrogen) atoms. The molecule has 3 aromatic carbocycles. The maximum atomic E-state index is 6.02. The van der Waals surface area contributed by atoms with Crippen molar-refractivity contribution in [3.05, 3.63) is 94.8 Å². The molecule has 4 heteroatoms. The van der Waals surface area contributed by atoms with Gasteiger partial charge in [0.05, 0.1) is 24.7 Å². The third kappa shape index (κ3) is 3.31. The van der Waals surface area contributed by atoms with Gasteiger partial charge in [0.2, 0.25) is 0 Å². The number of nitrogens with zero attached hydrogens (tertiary/aromatic N) is 2. The van der Waals surface area contributed by atoms with Crippen LogP contribution in [-0.4, -0.2) is 16.7 Å². The first-order chi connectivity index (χ1) is 12.7. The first-order valence-corrected chi connectivity index (χ1v) is 8.93. The fourth-order valence-electron chi connectivity index (χ4n) is 3.23. The van der Waals surface area contributed by atoms with Gasteiger partial charge >= 0.3 is 0 Å². The molecule has 0 amide bonds. The molecule has 130 valence electrons. The summed E-state index contributed by atoms with van der Waals surface area (Å²) in [6, 6.07) is 24.3. The number of ether oxygens (including phenoxy) is 1. The number of hydrogen-bond acceptors (Lipinski definition) is 2. The minimum Gasteiger partial charge on any atom is -0.496 e. The fourth-order valence-corrected chi connectivity index (χ4v) is 3.35. The summed E-state index contributed by atoms with van der Waals surface area (Å²) in [5, 5.41) is 0.747. The van der Waals surface area contributed by atoms with Crippen LogP contribution in [-0.2, 0) is 13.0 Å². The van der Waals surface area contributed by atoms with Crippen molar-refractivity contribution in [3.8, 4) is 5.75 Å². The molecular formula is C22H19ClN2O. The molecule has 4 rings (SSSR count). The Morgan fingerprint density at radius 3 is 2.46 bits per heavy atom. The van der Waals surface area contributed by atoms with Crippen LogP contribution >= 0.6 is 11.6 Å². The van der Waals surface area contributed by atoms with Gasteiger partial charge in [0.1, 0.15) is 11.6 Å². The first kappa shape index (κ1) is 16.7. The van der Waals surface area contributed by atoms with Gasteiger partial charge in [0.15, 0.2) is 0 Å². The molecule has 3 nitrogen and oxygen atoms in total. The van der Waals surface area contributed by atoms with Crippen molar-refractivity contribution in [1.82, 2.24) is 9.55 Å². The summed E-state index contributed by atoms with van der Waals surface area (Å²) < 4.78 is 7.79. The van der Waals surface area contributed by atoms with Crippen LogP contribution in [0, 0.1) is 0 Å². The van der Waals surface area contributed by atoms with Gasteiger partial charge in [0, 0.05) is 17.0 Å². The summed E-state index contributed by atoms with van der Waals surface area (Å²) >= 11 is 6.02. The van der Waals surface area contributed by atoms with Crippen LogP contribution < -0.4 is 4.74 Å². The summed E-state index contributed by atoms with van der Waals surface area (Å²) in [4.78, 5) is 4.87. The number of hydrogen-bond donors (Lipinski definition) is 0. The van der Waals surface area contributed by atoms with E-state index in [4.69, 9.17) is 21.3 Å². The molecule has 0 fully saturated rings. The van der Waals surface area contributed by atoms with E-state index >= 15 is 0 Å². The van der Waals surface area contributed by atoms with E-state index in [0.29, 0.717) is 6.54 Å². The number of halogens is 1. The van der Waals surface area contributed by atoms with E-state index in [0.717, 1.165) is 39.6 Å². The summed E-state index contributed by atoms with van der Waals surface area (Å²) in [5.41, 5.74) is 4.45. The van der Waals surface area contributed by atoms with Crippen molar-refractivity contribution in [2.45, 2.75) is 13.0 Å². The van der Waals surface area contributed by atoms with Gasteiger partial charge in [-0.05, 0) is 35.9 Å². The van der Waals surface area contributed by atoms with E-state index in [9.17, 15) is 0 Å². The monoisotopic (exact) mass is 362 g/mol. The molecule has 0 bridgehead atoms. The highest BCUT2D eigenvalue weighted by atomic mass is 35.5. The molecule has 1 heterocycles. The number of benzene rings is 3. The maximum Gasteiger partial charge on any atom is 0.123 e. The van der Waals surface area contributed by atoms with E-state index in [1.165, 1.54) is 5.56 Å². The van der Waals surface area contributed by atoms with Crippen LogP contribution in [0.2, 0.25) is 5.02 Å². The third-order valence-electron chi connectivity index (χ3n) is 4.53. The van der Waals surface area contributed by atoms with Crippen LogP contribution in [0.1, 0.15) is 17.0 Å². The van der Waals surface area contributed by atoms with Crippen molar-refractivity contribution in [2.75, 3.05) is 7.11 Å². The van der Waals surface area contributed by atoms with Crippen LogP contribution in [0.5, 0.6) is 5.75 Å². The van der Waals surface area contributed by atoms with Gasteiger partial charge < -0.3 is 9.30 Å². The minimum atomic E-state index is 0.716. The van der Waals surface area contributed by atoms with Crippen molar-refractivity contribution < 1.29 is 4.74 Å². The van der Waals surface area contributed by atoms with Gasteiger partial charge in [-0.2, -0.15) is 0 Å². The largest absolute Gasteiger partial charge is 0.496 e. The minimum absolute atomic E-state index is 0.716. The quantitative estimate of drug-likeness (QED) is 0.479. The molecule has 0 unspecified atom stereocenters. The highest BCUT2D eigenvalue weighted by molar-refractivity contribution is 6.30. The number of fused-ring (bicyclic) bond motifs is 1. The molecule has 0 saturated heterocycles. The Bertz CT molecular complexity index is 1040. The predicted molar refractivity (Wildman–Crippen MR) is 106 cm³/mol. The van der Waals surface area contributed by atoms with Gasteiger partial charge in [0.25, 0.3) is 0 Å². The Kier molecular flexibility index (Phi) is 4.63. The second-order valence-corrected chi connectivity index (χ2v) is 6.65. The molecule has 0 aliphatic carbocycles. The highest BCUT2D eigenvalue weighted by Crippen LogP contribution is 2.24. The number of para-hydroxylation sites is 3. The van der Waals surface area contributed by atoms with Gasteiger partial charge in [-0.15, -0.1) is 0 Å². The average Bonchev–Trinajstić information content (AvgIpc) is 3.01. The molecule has 0 saturated carbocycles. The summed E-state index contributed by atoms with van der Waals surface area (Å²) in [6.07, 6.45) is 0.751. The lowest BCUT2D eigenvalue weighted by Crippen LogP contribution is -2.07. The molecule has 4 aromatic rings. The maximum absolute atomic E-state index is 6.02. The topological polar surface area (TPSA) is 27.1 Å². The molecule has 0 atom stereocenters. The Morgan fingerprint density at radius 1 is 0.923 bits per heavy atom. The SMILES string of the molecule is COc1ccccc1Cn1c(Cc2ccc(Cl)cc2)nc2ccccc21. The molecule has 1 aromatic heterocycles. The van der Waals surface area contributed by atoms with Gasteiger partial charge in [-0.25, -0.2) is 4.98 Å². The fraction of sp³-hybridized carbons (Fsp3) is 0.136. The third-order valence-corrected chi connectivity index (χ3v) is 4.78. The molecular weight excluding hydrogens is 344 g/mol. The number of aromatic nitrogens is 2. The lowest BCUT2D eigenvalue weighted by Gasteiger charge is -2.12. The summed E-state index contributed by atoms with van der Waals surface area (Å²) in [5.74, 6) is 1.92. The molecule has 0 spiro atoms. The smallest absolute Gasteiger partial charge is 0.123 e. The van der Waals surface area contributed by atoms with Crippen molar-refractivity contribution in [3.63, 3.8) is 0 Å². The Balaban J connectivity index is 1.77. The number of rotatable bonds is 5. The van der Waals surface area contributed by atoms with Crippen LogP contribution in [0.15, 0.2) is 72.8 Å². The van der Waals surface area contributed by atoms with Crippen molar-refractivity contribution >= 4 is 22.6 Å². The average molecular weight is 363 g/mol. The number of imidazole rings is 1. The van der Waals surface area contributed by atoms with E-state index < -0.39 is 0 Å².